The Morgan fingerprint density at radius 2 is 1.97 bits per heavy atom. The number of nitrogens with one attached hydrogen (secondary N) is 1. The van der Waals surface area contributed by atoms with Gasteiger partial charge in [-0.1, -0.05) is 48.0 Å². The molecule has 1 aromatic heterocycles. The van der Waals surface area contributed by atoms with E-state index in [0.29, 0.717) is 0 Å². The minimum atomic E-state index is -0.0105. The summed E-state index contributed by atoms with van der Waals surface area (Å²) in [7, 11) is 0. The quantitative estimate of drug-likeness (QED) is 0.670. The van der Waals surface area contributed by atoms with Crippen LogP contribution in [0.5, 0.6) is 0 Å². The molecule has 30 heavy (non-hydrogen) atoms. The summed E-state index contributed by atoms with van der Waals surface area (Å²) in [6.45, 7) is 8.70. The van der Waals surface area contributed by atoms with Crippen LogP contribution < -0.4 is 9.80 Å². The van der Waals surface area contributed by atoms with E-state index in [0.717, 1.165) is 48.1 Å². The number of benzene rings is 2. The van der Waals surface area contributed by atoms with Gasteiger partial charge < -0.3 is 4.90 Å². The highest BCUT2D eigenvalue weighted by atomic mass is 32.1. The lowest BCUT2D eigenvalue weighted by Gasteiger charge is -2.23. The molecule has 1 unspecified atom stereocenters. The summed E-state index contributed by atoms with van der Waals surface area (Å²) in [5.41, 5.74) is 7.01. The first-order chi connectivity index (χ1) is 14.5. The average Bonchev–Trinajstić information content (AvgIpc) is 3.19. The van der Waals surface area contributed by atoms with E-state index < -0.39 is 0 Å². The van der Waals surface area contributed by atoms with E-state index >= 15 is 0 Å². The third-order valence-corrected chi connectivity index (χ3v) is 6.47. The van der Waals surface area contributed by atoms with E-state index in [9.17, 15) is 4.79 Å². The van der Waals surface area contributed by atoms with E-state index in [2.05, 4.69) is 54.8 Å². The van der Waals surface area contributed by atoms with Gasteiger partial charge in [0.05, 0.1) is 18.8 Å². The summed E-state index contributed by atoms with van der Waals surface area (Å²) in [4.78, 5) is 20.5. The Morgan fingerprint density at radius 1 is 1.17 bits per heavy atom. The number of quaternary nitrogens is 1. The number of anilines is 2. The lowest BCUT2D eigenvalue weighted by Crippen LogP contribution is -3.11. The number of nitrogens with zero attached hydrogens (tertiary/aromatic N) is 2. The summed E-state index contributed by atoms with van der Waals surface area (Å²) in [6.07, 6.45) is 3.44. The van der Waals surface area contributed by atoms with E-state index in [1.807, 2.05) is 19.1 Å². The number of thiazole rings is 1. The topological polar surface area (TPSA) is 37.6 Å². The molecule has 3 aromatic rings. The highest BCUT2D eigenvalue weighted by Crippen LogP contribution is 2.31. The van der Waals surface area contributed by atoms with Gasteiger partial charge in [-0.2, -0.15) is 0 Å². The van der Waals surface area contributed by atoms with Gasteiger partial charge in [0.1, 0.15) is 12.2 Å². The van der Waals surface area contributed by atoms with Gasteiger partial charge >= 0.3 is 0 Å². The average molecular weight is 419 g/mol. The Kier molecular flexibility index (Phi) is 6.11. The first kappa shape index (κ1) is 20.5. The van der Waals surface area contributed by atoms with Crippen LogP contribution in [0.3, 0.4) is 0 Å². The molecule has 1 N–H and O–H groups in total. The van der Waals surface area contributed by atoms with Crippen LogP contribution in [0.15, 0.2) is 60.0 Å². The Labute approximate surface area is 182 Å². The molecule has 1 aliphatic rings. The van der Waals surface area contributed by atoms with E-state index in [-0.39, 0.29) is 5.91 Å². The molecule has 4 nitrogen and oxygen atoms in total. The van der Waals surface area contributed by atoms with Crippen LogP contribution in [-0.2, 0) is 11.3 Å². The molecular weight excluding hydrogens is 390 g/mol. The number of amides is 1. The molecule has 2 aromatic carbocycles. The summed E-state index contributed by atoms with van der Waals surface area (Å²) >= 11 is 1.54. The predicted molar refractivity (Wildman–Crippen MR) is 124 cm³/mol. The Balaban J connectivity index is 1.47. The van der Waals surface area contributed by atoms with Crippen LogP contribution >= 0.6 is 11.3 Å². The molecule has 5 heteroatoms. The zero-order chi connectivity index (χ0) is 21.1. The van der Waals surface area contributed by atoms with Crippen molar-refractivity contribution in [3.05, 3.63) is 82.4 Å². The maximum absolute atomic E-state index is 12.4. The fourth-order valence-corrected chi connectivity index (χ4v) is 4.94. The van der Waals surface area contributed by atoms with Crippen LogP contribution in [0.2, 0.25) is 0 Å². The first-order valence-corrected chi connectivity index (χ1v) is 11.3. The first-order valence-electron chi connectivity index (χ1n) is 10.4. The standard InChI is InChI=1S/C25H27N3OS/c1-18-9-10-24(19(2)15-18)28(20(3)29)25-26-23(17-30-25)16-27-13-11-22(12-14-27)21-7-5-4-6-8-21/h4-11,15,17H,12-14,16H2,1-3H3/p+1. The molecular formula is C25H28N3OS+. The highest BCUT2D eigenvalue weighted by molar-refractivity contribution is 7.14. The minimum Gasteiger partial charge on any atom is -0.326 e. The number of hydrogen-bond acceptors (Lipinski definition) is 3. The molecule has 0 aliphatic carbocycles. The van der Waals surface area contributed by atoms with E-state index in [1.54, 1.807) is 23.2 Å². The zero-order valence-corrected chi connectivity index (χ0v) is 18.6. The lowest BCUT2D eigenvalue weighted by atomic mass is 9.99. The van der Waals surface area contributed by atoms with Gasteiger partial charge in [-0.25, -0.2) is 4.98 Å². The molecule has 4 rings (SSSR count). The largest absolute Gasteiger partial charge is 0.326 e. The SMILES string of the molecule is CC(=O)N(c1nc(C[NH+]2CC=C(c3ccccc3)CC2)cs1)c1ccc(C)cc1C. The fourth-order valence-electron chi connectivity index (χ4n) is 4.06. The Hall–Kier alpha value is -2.76. The van der Waals surface area contributed by atoms with Crippen molar-refractivity contribution >= 4 is 33.6 Å². The number of hydrogen-bond donors (Lipinski definition) is 1. The minimum absolute atomic E-state index is 0.0105. The second kappa shape index (κ2) is 8.94. The van der Waals surface area contributed by atoms with Gasteiger partial charge in [-0.3, -0.25) is 9.69 Å². The Morgan fingerprint density at radius 3 is 2.63 bits per heavy atom. The smallest absolute Gasteiger partial charge is 0.230 e. The molecule has 154 valence electrons. The molecule has 0 fully saturated rings. The van der Waals surface area contributed by atoms with Crippen molar-refractivity contribution in [3.63, 3.8) is 0 Å². The lowest BCUT2D eigenvalue weighted by molar-refractivity contribution is -0.909. The van der Waals surface area contributed by atoms with Gasteiger partial charge in [-0.05, 0) is 42.7 Å². The van der Waals surface area contributed by atoms with E-state index in [4.69, 9.17) is 4.98 Å². The number of aromatic nitrogens is 1. The molecule has 2 heterocycles. The maximum atomic E-state index is 12.4. The second-order valence-corrected chi connectivity index (χ2v) is 8.83. The van der Waals surface area contributed by atoms with E-state index in [1.165, 1.54) is 21.6 Å². The molecule has 0 spiro atoms. The van der Waals surface area contributed by atoms with Crippen molar-refractivity contribution in [2.45, 2.75) is 33.7 Å². The third kappa shape index (κ3) is 4.53. The third-order valence-electron chi connectivity index (χ3n) is 5.60. The summed E-state index contributed by atoms with van der Waals surface area (Å²) < 4.78 is 0. The van der Waals surface area contributed by atoms with Crippen molar-refractivity contribution in [2.75, 3.05) is 18.0 Å². The number of carbonyl (C=O) groups is 1. The second-order valence-electron chi connectivity index (χ2n) is 7.99. The summed E-state index contributed by atoms with van der Waals surface area (Å²) in [5, 5.41) is 2.85. The summed E-state index contributed by atoms with van der Waals surface area (Å²) in [5.74, 6) is -0.0105. The molecule has 0 saturated carbocycles. The van der Waals surface area contributed by atoms with Gasteiger partial charge in [0.2, 0.25) is 5.91 Å². The van der Waals surface area contributed by atoms with Crippen LogP contribution in [0.1, 0.15) is 35.7 Å². The summed E-state index contributed by atoms with van der Waals surface area (Å²) in [6, 6.07) is 16.8. The van der Waals surface area contributed by atoms with Gasteiger partial charge in [-0.15, -0.1) is 11.3 Å². The molecule has 0 radical (unpaired) electrons. The van der Waals surface area contributed by atoms with Gasteiger partial charge in [0, 0.05) is 18.7 Å². The predicted octanol–water partition coefficient (Wildman–Crippen LogP) is 4.32. The van der Waals surface area contributed by atoms with Crippen molar-refractivity contribution < 1.29 is 9.69 Å². The molecule has 0 saturated heterocycles. The number of rotatable bonds is 5. The van der Waals surface area contributed by atoms with Crippen molar-refractivity contribution in [2.24, 2.45) is 0 Å². The van der Waals surface area contributed by atoms with Gasteiger partial charge in [0.15, 0.2) is 5.13 Å². The normalized spacial score (nSPS) is 16.2. The number of aryl methyl sites for hydroxylation is 2. The van der Waals surface area contributed by atoms with Crippen LogP contribution in [0.25, 0.3) is 5.57 Å². The van der Waals surface area contributed by atoms with Crippen molar-refractivity contribution in [3.8, 4) is 0 Å². The zero-order valence-electron chi connectivity index (χ0n) is 17.8. The van der Waals surface area contributed by atoms with Crippen LogP contribution in [0.4, 0.5) is 10.8 Å². The van der Waals surface area contributed by atoms with Crippen LogP contribution in [0, 0.1) is 13.8 Å². The molecule has 0 bridgehead atoms. The molecule has 1 aliphatic heterocycles. The molecule has 1 amide bonds. The maximum Gasteiger partial charge on any atom is 0.230 e. The Bertz CT molecular complexity index is 1070. The molecule has 1 atom stereocenters. The van der Waals surface area contributed by atoms with Gasteiger partial charge in [0.25, 0.3) is 0 Å². The van der Waals surface area contributed by atoms with Crippen molar-refractivity contribution in [1.82, 2.24) is 4.98 Å². The van der Waals surface area contributed by atoms with Crippen LogP contribution in [-0.4, -0.2) is 24.0 Å². The van der Waals surface area contributed by atoms with Crippen molar-refractivity contribution in [1.29, 1.82) is 0 Å². The monoisotopic (exact) mass is 418 g/mol. The number of carbonyl (C=O) groups excluding carboxylic acids is 1. The highest BCUT2D eigenvalue weighted by Gasteiger charge is 2.22. The fraction of sp³-hybridized carbons (Fsp3) is 0.280.